The lowest BCUT2D eigenvalue weighted by atomic mass is 9.31. The van der Waals surface area contributed by atoms with E-state index >= 15 is 0 Å². The van der Waals surface area contributed by atoms with Crippen molar-refractivity contribution in [3.63, 3.8) is 0 Å². The first-order chi connectivity index (χ1) is 40.7. The molecule has 0 N–H and O–H groups in total. The summed E-state index contributed by atoms with van der Waals surface area (Å²) in [7, 11) is 0. The van der Waals surface area contributed by atoms with Crippen LogP contribution in [0.3, 0.4) is 0 Å². The SMILES string of the molecule is c1ccc(N(c2ccccc2)c2ccc3c4c5c(cc3c2)N(c2ccccc2)c2ccccc2B5c2cc3c(cc2O4)Oc2c4c(cc5cc(N(c6ccccc6)c6ccccc6)ccc25)N(c2ccccc2)c2ccccc2B34)cc1. The molecule has 17 rings (SSSR count). The quantitative estimate of drug-likeness (QED) is 0.141. The van der Waals surface area contributed by atoms with Crippen LogP contribution in [0.2, 0.25) is 0 Å². The maximum atomic E-state index is 7.59. The first-order valence-corrected chi connectivity index (χ1v) is 28.1. The fourth-order valence-electron chi connectivity index (χ4n) is 13.6. The summed E-state index contributed by atoms with van der Waals surface area (Å²) in [6.07, 6.45) is 0. The Morgan fingerprint density at radius 1 is 0.268 bits per heavy atom. The summed E-state index contributed by atoms with van der Waals surface area (Å²) in [5, 5.41) is 4.24. The summed E-state index contributed by atoms with van der Waals surface area (Å²) >= 11 is 0. The molecule has 0 aromatic heterocycles. The highest BCUT2D eigenvalue weighted by Crippen LogP contribution is 2.49. The van der Waals surface area contributed by atoms with Crippen molar-refractivity contribution in [2.75, 3.05) is 19.6 Å². The summed E-state index contributed by atoms with van der Waals surface area (Å²) in [5.74, 6) is 3.30. The van der Waals surface area contributed by atoms with Crippen molar-refractivity contribution in [3.8, 4) is 23.0 Å². The smallest absolute Gasteiger partial charge is 0.256 e. The maximum Gasteiger partial charge on any atom is 0.256 e. The van der Waals surface area contributed by atoms with Gasteiger partial charge in [0.2, 0.25) is 0 Å². The van der Waals surface area contributed by atoms with E-state index in [1.54, 1.807) is 0 Å². The number of ether oxygens (including phenoxy) is 2. The second kappa shape index (κ2) is 18.4. The van der Waals surface area contributed by atoms with Gasteiger partial charge in [0.15, 0.2) is 0 Å². The van der Waals surface area contributed by atoms with Crippen molar-refractivity contribution in [3.05, 3.63) is 291 Å². The van der Waals surface area contributed by atoms with Crippen LogP contribution < -0.4 is 61.9 Å². The normalized spacial score (nSPS) is 13.0. The van der Waals surface area contributed by atoms with Crippen LogP contribution in [0.15, 0.2) is 291 Å². The topological polar surface area (TPSA) is 31.4 Å². The fraction of sp³-hybridized carbons (Fsp3) is 0. The zero-order chi connectivity index (χ0) is 53.8. The van der Waals surface area contributed by atoms with Gasteiger partial charge in [0.25, 0.3) is 13.4 Å². The summed E-state index contributed by atoms with van der Waals surface area (Å²) in [5.41, 5.74) is 20.1. The van der Waals surface area contributed by atoms with Crippen LogP contribution in [0.25, 0.3) is 21.5 Å². The number of hydrogen-bond donors (Lipinski definition) is 0. The second-order valence-corrected chi connectivity index (χ2v) is 21.6. The lowest BCUT2D eigenvalue weighted by Crippen LogP contribution is -2.63. The number of nitrogens with zero attached hydrogens (tertiary/aromatic N) is 4. The molecule has 0 radical (unpaired) electrons. The number of benzene rings is 13. The average Bonchev–Trinajstić information content (AvgIpc) is 1.31. The van der Waals surface area contributed by atoms with Crippen LogP contribution in [-0.4, -0.2) is 13.4 Å². The first-order valence-electron chi connectivity index (χ1n) is 28.1. The van der Waals surface area contributed by atoms with Crippen LogP contribution in [0.1, 0.15) is 0 Å². The Hall–Kier alpha value is -10.7. The minimum atomic E-state index is -0.155. The van der Waals surface area contributed by atoms with Gasteiger partial charge < -0.3 is 29.1 Å². The third-order valence-corrected chi connectivity index (χ3v) is 17.0. The van der Waals surface area contributed by atoms with Crippen molar-refractivity contribution < 1.29 is 9.47 Å². The van der Waals surface area contributed by atoms with E-state index in [1.807, 2.05) is 0 Å². The maximum absolute atomic E-state index is 7.59. The van der Waals surface area contributed by atoms with Crippen LogP contribution in [-0.2, 0) is 0 Å². The summed E-state index contributed by atoms with van der Waals surface area (Å²) in [6.45, 7) is -0.311. The molecular formula is C74H48B2N4O2. The molecule has 0 aliphatic carbocycles. The minimum Gasteiger partial charge on any atom is -0.458 e. The molecule has 13 aromatic rings. The third-order valence-electron chi connectivity index (χ3n) is 17.0. The highest BCUT2D eigenvalue weighted by molar-refractivity contribution is 7.02. The minimum absolute atomic E-state index is 0.155. The Morgan fingerprint density at radius 2 is 0.610 bits per heavy atom. The van der Waals surface area contributed by atoms with Gasteiger partial charge in [-0.3, -0.25) is 0 Å². The molecule has 0 atom stereocenters. The Balaban J connectivity index is 0.891. The average molecular weight is 1050 g/mol. The lowest BCUT2D eigenvalue weighted by molar-refractivity contribution is 0.471. The van der Waals surface area contributed by atoms with Crippen LogP contribution >= 0.6 is 0 Å². The zero-order valence-electron chi connectivity index (χ0n) is 44.5. The molecule has 0 amide bonds. The summed E-state index contributed by atoms with van der Waals surface area (Å²) in [6, 6.07) is 105. The van der Waals surface area contributed by atoms with E-state index in [-0.39, 0.29) is 13.4 Å². The number of para-hydroxylation sites is 8. The molecule has 8 heteroatoms. The van der Waals surface area contributed by atoms with E-state index in [1.165, 1.54) is 10.9 Å². The van der Waals surface area contributed by atoms with E-state index in [0.717, 1.165) is 135 Å². The second-order valence-electron chi connectivity index (χ2n) is 21.6. The van der Waals surface area contributed by atoms with E-state index in [9.17, 15) is 0 Å². The van der Waals surface area contributed by atoms with Gasteiger partial charge in [0.05, 0.1) is 0 Å². The molecule has 382 valence electrons. The molecule has 82 heavy (non-hydrogen) atoms. The molecule has 0 bridgehead atoms. The highest BCUT2D eigenvalue weighted by atomic mass is 16.5. The predicted molar refractivity (Wildman–Crippen MR) is 343 cm³/mol. The van der Waals surface area contributed by atoms with Crippen molar-refractivity contribution in [2.45, 2.75) is 0 Å². The Morgan fingerprint density at radius 3 is 0.988 bits per heavy atom. The Kier molecular flexibility index (Phi) is 10.4. The largest absolute Gasteiger partial charge is 0.458 e. The number of fused-ring (bicyclic) bond motifs is 12. The number of rotatable bonds is 8. The van der Waals surface area contributed by atoms with Crippen molar-refractivity contribution in [1.29, 1.82) is 0 Å². The summed E-state index contributed by atoms with van der Waals surface area (Å²) in [4.78, 5) is 9.53. The predicted octanol–water partition coefficient (Wildman–Crippen LogP) is 15.7. The van der Waals surface area contributed by atoms with Gasteiger partial charge in [-0.05, 0) is 177 Å². The fourth-order valence-corrected chi connectivity index (χ4v) is 13.6. The van der Waals surface area contributed by atoms with Crippen LogP contribution in [0.5, 0.6) is 23.0 Å². The van der Waals surface area contributed by atoms with Gasteiger partial charge in [-0.25, -0.2) is 0 Å². The van der Waals surface area contributed by atoms with Gasteiger partial charge in [0.1, 0.15) is 23.0 Å². The molecule has 13 aromatic carbocycles. The molecule has 0 saturated carbocycles. The Bertz CT molecular complexity index is 4290. The van der Waals surface area contributed by atoms with Gasteiger partial charge in [-0.1, -0.05) is 152 Å². The van der Waals surface area contributed by atoms with Crippen LogP contribution in [0, 0.1) is 0 Å². The molecule has 0 saturated heterocycles. The van der Waals surface area contributed by atoms with Gasteiger partial charge in [-0.2, -0.15) is 0 Å². The van der Waals surface area contributed by atoms with Crippen molar-refractivity contribution in [1.82, 2.24) is 0 Å². The lowest BCUT2D eigenvalue weighted by Gasteiger charge is -2.42. The molecule has 4 aliphatic rings. The number of anilines is 12. The van der Waals surface area contributed by atoms with E-state index in [4.69, 9.17) is 9.47 Å². The molecule has 6 nitrogen and oxygen atoms in total. The summed E-state index contributed by atoms with van der Waals surface area (Å²) < 4.78 is 15.2. The molecule has 0 unspecified atom stereocenters. The van der Waals surface area contributed by atoms with Crippen molar-refractivity contribution >= 4 is 136 Å². The molecule has 0 fully saturated rings. The molecule has 4 aliphatic heterocycles. The first kappa shape index (κ1) is 46.2. The molecule has 4 heterocycles. The van der Waals surface area contributed by atoms with E-state index in [0.29, 0.717) is 0 Å². The molecular weight excluding hydrogens is 998 g/mol. The Labute approximate surface area is 476 Å². The third kappa shape index (κ3) is 7.11. The van der Waals surface area contributed by atoms with E-state index in [2.05, 4.69) is 311 Å². The van der Waals surface area contributed by atoms with Gasteiger partial charge in [-0.15, -0.1) is 0 Å². The standard InChI is InChI=1S/C74H48B2N4O2/c1-7-23-51(24-8-1)77(52-25-9-2-10-26-52)57-39-41-59-49(43-57)45-67-71-73(59)81-69-48-70-64(47-63(69)75(71)61-35-19-21-37-65(61)79(67)55-31-15-5-16-32-55)76-62-36-20-22-38-66(62)80(56-33-17-6-18-34-56)68-46-50-44-58(40-42-60(50)74(82-70)72(68)76)78(53-27-11-3-12-28-53)54-29-13-4-14-30-54/h1-48H. The molecule has 0 spiro atoms. The van der Waals surface area contributed by atoms with E-state index < -0.39 is 0 Å². The number of hydrogen-bond acceptors (Lipinski definition) is 6. The monoisotopic (exact) mass is 1050 g/mol. The highest BCUT2D eigenvalue weighted by Gasteiger charge is 2.47. The zero-order valence-corrected chi connectivity index (χ0v) is 44.5. The van der Waals surface area contributed by atoms with Gasteiger partial charge in [0, 0.05) is 85.1 Å². The van der Waals surface area contributed by atoms with Crippen molar-refractivity contribution in [2.24, 2.45) is 0 Å². The van der Waals surface area contributed by atoms with Crippen LogP contribution in [0.4, 0.5) is 68.2 Å². The van der Waals surface area contributed by atoms with Gasteiger partial charge >= 0.3 is 0 Å².